The van der Waals surface area contributed by atoms with Gasteiger partial charge in [-0.1, -0.05) is 0 Å². The van der Waals surface area contributed by atoms with Gasteiger partial charge in [-0.3, -0.25) is 0 Å². The quantitative estimate of drug-likeness (QED) is 0.198. The van der Waals surface area contributed by atoms with Crippen LogP contribution >= 0.6 is 22.6 Å². The van der Waals surface area contributed by atoms with Gasteiger partial charge in [-0.2, -0.15) is 0 Å². The van der Waals surface area contributed by atoms with Crippen LogP contribution in [0.1, 0.15) is 6.92 Å². The molecule has 1 heterocycles. The van der Waals surface area contributed by atoms with Gasteiger partial charge in [0.2, 0.25) is 0 Å². The molecule has 0 aromatic carbocycles. The first kappa shape index (κ1) is 17.2. The molecule has 1 saturated heterocycles. The van der Waals surface area contributed by atoms with Crippen molar-refractivity contribution < 1.29 is 53.7 Å². The molecule has 10 heteroatoms. The Labute approximate surface area is 131 Å². The van der Waals surface area contributed by atoms with Crippen molar-refractivity contribution in [3.63, 3.8) is 0 Å². The van der Waals surface area contributed by atoms with Crippen molar-refractivity contribution in [2.75, 3.05) is 17.6 Å². The Morgan fingerprint density at radius 2 is 2.00 bits per heavy atom. The molecule has 0 spiro atoms. The third-order valence-corrected chi connectivity index (χ3v) is 5.92. The minimum atomic E-state index is -4.59. The van der Waals surface area contributed by atoms with E-state index in [-0.39, 0.29) is 27.5 Å². The van der Waals surface area contributed by atoms with Gasteiger partial charge in [0.25, 0.3) is 0 Å². The van der Waals surface area contributed by atoms with Gasteiger partial charge < -0.3 is 0 Å². The van der Waals surface area contributed by atoms with Crippen molar-refractivity contribution >= 4 is 34.5 Å². The molecule has 0 aliphatic carbocycles. The van der Waals surface area contributed by atoms with Crippen LogP contribution in [0.25, 0.3) is 0 Å². The van der Waals surface area contributed by atoms with Crippen LogP contribution in [0.2, 0.25) is 0 Å². The van der Waals surface area contributed by atoms with Crippen LogP contribution in [-0.4, -0.2) is 45.2 Å². The zero-order chi connectivity index (χ0) is 14.7. The molecule has 0 aromatic heterocycles. The second-order valence-corrected chi connectivity index (χ2v) is 8.38. The van der Waals surface area contributed by atoms with Gasteiger partial charge in [0.1, 0.15) is 0 Å². The van der Waals surface area contributed by atoms with Crippen LogP contribution in [-0.2, 0) is 19.1 Å². The first-order valence-corrected chi connectivity index (χ1v) is 8.73. The van der Waals surface area contributed by atoms with Crippen molar-refractivity contribution in [1.82, 2.24) is 3.53 Å². The Kier molecular flexibility index (Phi) is 6.10. The van der Waals surface area contributed by atoms with Crippen molar-refractivity contribution in [3.8, 4) is 0 Å². The molecule has 112 valence electrons. The third-order valence-electron chi connectivity index (χ3n) is 2.21. The van der Waals surface area contributed by atoms with Crippen molar-refractivity contribution in [2.45, 2.75) is 22.6 Å². The summed E-state index contributed by atoms with van der Waals surface area (Å²) in [5.74, 6) is -1.86. The molecule has 0 radical (unpaired) electrons. The van der Waals surface area contributed by atoms with E-state index < -0.39 is 34.8 Å². The van der Waals surface area contributed by atoms with E-state index in [1.807, 2.05) is 22.6 Å². The molecule has 0 bridgehead atoms. The molecule has 1 rings (SSSR count). The third kappa shape index (κ3) is 5.57. The van der Waals surface area contributed by atoms with Gasteiger partial charge in [0, 0.05) is 0 Å². The normalized spacial score (nSPS) is 22.5. The molecule has 0 aromatic rings. The maximum absolute atomic E-state index is 11.8. The van der Waals surface area contributed by atoms with Crippen LogP contribution in [0.5, 0.6) is 0 Å². The summed E-state index contributed by atoms with van der Waals surface area (Å²) in [5.41, 5.74) is 0. The summed E-state index contributed by atoms with van der Waals surface area (Å²) in [7, 11) is 0. The summed E-state index contributed by atoms with van der Waals surface area (Å²) in [6, 6.07) is -0.0143. The zero-order valence-corrected chi connectivity index (χ0v) is 14.0. The summed E-state index contributed by atoms with van der Waals surface area (Å²) in [4.78, 5) is 22.7. The van der Waals surface area contributed by atoms with Crippen LogP contribution in [0.15, 0.2) is 0 Å². The second-order valence-electron chi connectivity index (χ2n) is 3.88. The molecule has 2 unspecified atom stereocenters. The van der Waals surface area contributed by atoms with Crippen molar-refractivity contribution in [3.05, 3.63) is 0 Å². The number of ether oxygens (including phenoxy) is 2. The second kappa shape index (κ2) is 6.74. The molecule has 1 aliphatic rings. The number of hydrogen-bond acceptors (Lipinski definition) is 5. The molecule has 1 aliphatic heterocycles. The van der Waals surface area contributed by atoms with Crippen molar-refractivity contribution in [2.24, 2.45) is 0 Å². The van der Waals surface area contributed by atoms with Crippen LogP contribution < -0.4 is 25.0 Å². The predicted octanol–water partition coefficient (Wildman–Crippen LogP) is -2.20. The van der Waals surface area contributed by atoms with Crippen LogP contribution in [0.3, 0.4) is 0 Å². The fourth-order valence-corrected chi connectivity index (χ4v) is 5.37. The van der Waals surface area contributed by atoms with Gasteiger partial charge in [-0.25, -0.2) is 0 Å². The SMILES string of the molecule is CC(I)(C(=O)OCC(=O)OCC(F)(F)F)C1C[I-]N1. The van der Waals surface area contributed by atoms with Gasteiger partial charge in [0.15, 0.2) is 0 Å². The number of nitrogens with one attached hydrogen (secondary N) is 1. The molecule has 19 heavy (non-hydrogen) atoms. The summed E-state index contributed by atoms with van der Waals surface area (Å²) < 4.78 is 47.1. The monoisotopic (exact) mass is 508 g/mol. The maximum atomic E-state index is 11.8. The Bertz CT molecular complexity index is 358. The number of alkyl halides is 5. The van der Waals surface area contributed by atoms with E-state index in [4.69, 9.17) is 0 Å². The molecule has 0 amide bonds. The number of hydrogen-bond donors (Lipinski definition) is 1. The summed E-state index contributed by atoms with van der Waals surface area (Å²) >= 11 is 1.85. The zero-order valence-electron chi connectivity index (χ0n) is 9.72. The van der Waals surface area contributed by atoms with Gasteiger partial charge in [-0.05, 0) is 0 Å². The van der Waals surface area contributed by atoms with Crippen molar-refractivity contribution in [1.29, 1.82) is 0 Å². The molecule has 1 fully saturated rings. The Hall–Kier alpha value is 0.150. The number of esters is 2. The Morgan fingerprint density at radius 1 is 1.42 bits per heavy atom. The van der Waals surface area contributed by atoms with E-state index in [2.05, 4.69) is 13.0 Å². The van der Waals surface area contributed by atoms with Gasteiger partial charge in [0.05, 0.1) is 0 Å². The fraction of sp³-hybridized carbons (Fsp3) is 0.778. The topological polar surface area (TPSA) is 64.6 Å². The molecular formula is C9H11F3I2NO4-. The average molecular weight is 508 g/mol. The number of rotatable bonds is 5. The van der Waals surface area contributed by atoms with Crippen LogP contribution in [0, 0.1) is 0 Å². The van der Waals surface area contributed by atoms with E-state index >= 15 is 0 Å². The predicted molar refractivity (Wildman–Crippen MR) is 62.2 cm³/mol. The summed E-state index contributed by atoms with van der Waals surface area (Å²) in [6.07, 6.45) is -4.59. The Morgan fingerprint density at radius 3 is 2.42 bits per heavy atom. The molecular weight excluding hydrogens is 497 g/mol. The van der Waals surface area contributed by atoms with E-state index in [1.165, 1.54) is 0 Å². The van der Waals surface area contributed by atoms with Crippen LogP contribution in [0.4, 0.5) is 13.2 Å². The first-order chi connectivity index (χ1) is 8.63. The number of carbonyl (C=O) groups excluding carboxylic acids is 2. The van der Waals surface area contributed by atoms with Gasteiger partial charge >= 0.3 is 132 Å². The van der Waals surface area contributed by atoms with E-state index in [0.717, 1.165) is 4.43 Å². The summed E-state index contributed by atoms with van der Waals surface area (Å²) in [6.45, 7) is -0.841. The molecule has 0 saturated carbocycles. The molecule has 5 nitrogen and oxygen atoms in total. The Balaban J connectivity index is 2.31. The number of carbonyl (C=O) groups is 2. The van der Waals surface area contributed by atoms with E-state index in [1.54, 1.807) is 6.92 Å². The van der Waals surface area contributed by atoms with E-state index in [9.17, 15) is 22.8 Å². The minimum absolute atomic E-state index is 0.0143. The standard InChI is InChI=1S/C9H11F3I2NO4/c1-8(13,5-2-14-15-5)7(17)18-3-6(16)19-4-9(10,11)12/h5,15H,2-4H2,1H3/q-1. The van der Waals surface area contributed by atoms with E-state index in [0.29, 0.717) is 0 Å². The fourth-order valence-electron chi connectivity index (χ4n) is 1.01. The molecule has 1 N–H and O–H groups in total. The average Bonchev–Trinajstić information content (AvgIpc) is 2.18. The molecule has 2 atom stereocenters. The first-order valence-electron chi connectivity index (χ1n) is 5.05. The summed E-state index contributed by atoms with van der Waals surface area (Å²) in [5, 5.41) is 0. The number of halogens is 5. The van der Waals surface area contributed by atoms with Gasteiger partial charge in [-0.15, -0.1) is 0 Å².